The topological polar surface area (TPSA) is 54.4 Å². The molecule has 0 saturated heterocycles. The first-order valence-electron chi connectivity index (χ1n) is 4.60. The Bertz CT molecular complexity index is 581. The van der Waals surface area contributed by atoms with Crippen LogP contribution in [0.25, 0.3) is 16.2 Å². The van der Waals surface area contributed by atoms with Gasteiger partial charge in [0.1, 0.15) is 11.2 Å². The van der Waals surface area contributed by atoms with E-state index in [-0.39, 0.29) is 0 Å². The van der Waals surface area contributed by atoms with Gasteiger partial charge in [0.2, 0.25) is 0 Å². The molecule has 80 valence electrons. The minimum atomic E-state index is -0.925. The van der Waals surface area contributed by atoms with Crippen LogP contribution in [0.3, 0.4) is 0 Å². The van der Waals surface area contributed by atoms with Gasteiger partial charge in [-0.25, -0.2) is 4.79 Å². The standard InChI is InChI=1S/C12H8O3S/c13-6-2-4-8-3-1-5-10-9(8)7-11(16-10)12(14)15/h1-7H,(H,14,15). The summed E-state index contributed by atoms with van der Waals surface area (Å²) in [6, 6.07) is 7.19. The quantitative estimate of drug-likeness (QED) is 0.654. The molecule has 0 aliphatic heterocycles. The maximum atomic E-state index is 10.8. The number of benzene rings is 1. The van der Waals surface area contributed by atoms with Crippen LogP contribution < -0.4 is 0 Å². The monoisotopic (exact) mass is 232 g/mol. The van der Waals surface area contributed by atoms with Gasteiger partial charge in [-0.05, 0) is 23.8 Å². The fourth-order valence-electron chi connectivity index (χ4n) is 1.48. The van der Waals surface area contributed by atoms with Crippen molar-refractivity contribution in [3.05, 3.63) is 40.8 Å². The van der Waals surface area contributed by atoms with Gasteiger partial charge >= 0.3 is 5.97 Å². The van der Waals surface area contributed by atoms with Crippen molar-refractivity contribution < 1.29 is 14.7 Å². The van der Waals surface area contributed by atoms with Crippen LogP contribution in [0.15, 0.2) is 30.3 Å². The van der Waals surface area contributed by atoms with Crippen LogP contribution in [0.2, 0.25) is 0 Å². The number of carbonyl (C=O) groups excluding carboxylic acids is 1. The third-order valence-corrected chi connectivity index (χ3v) is 3.25. The van der Waals surface area contributed by atoms with Crippen LogP contribution in [-0.2, 0) is 4.79 Å². The summed E-state index contributed by atoms with van der Waals surface area (Å²) < 4.78 is 0.908. The Hall–Kier alpha value is -1.94. The third-order valence-electron chi connectivity index (χ3n) is 2.16. The van der Waals surface area contributed by atoms with Crippen LogP contribution in [0.5, 0.6) is 0 Å². The summed E-state index contributed by atoms with van der Waals surface area (Å²) in [5, 5.41) is 9.75. The van der Waals surface area contributed by atoms with Crippen LogP contribution in [0.1, 0.15) is 15.2 Å². The van der Waals surface area contributed by atoms with E-state index in [1.165, 1.54) is 17.4 Å². The Balaban J connectivity index is 2.62. The number of allylic oxidation sites excluding steroid dienone is 1. The van der Waals surface area contributed by atoms with Crippen LogP contribution in [0.4, 0.5) is 0 Å². The van der Waals surface area contributed by atoms with Crippen LogP contribution in [0, 0.1) is 0 Å². The Kier molecular flexibility index (Phi) is 2.83. The lowest BCUT2D eigenvalue weighted by Crippen LogP contribution is -1.89. The lowest BCUT2D eigenvalue weighted by Gasteiger charge is -1.94. The predicted octanol–water partition coefficient (Wildman–Crippen LogP) is 2.81. The Morgan fingerprint density at radius 3 is 2.88 bits per heavy atom. The van der Waals surface area contributed by atoms with Gasteiger partial charge in [0.15, 0.2) is 0 Å². The van der Waals surface area contributed by atoms with Crippen LogP contribution >= 0.6 is 11.3 Å². The van der Waals surface area contributed by atoms with Crippen molar-refractivity contribution in [1.29, 1.82) is 0 Å². The molecule has 0 atom stereocenters. The van der Waals surface area contributed by atoms with Gasteiger partial charge in [-0.2, -0.15) is 0 Å². The average Bonchev–Trinajstić information content (AvgIpc) is 2.70. The largest absolute Gasteiger partial charge is 0.477 e. The lowest BCUT2D eigenvalue weighted by molar-refractivity contribution is -0.104. The molecule has 0 spiro atoms. The van der Waals surface area contributed by atoms with Gasteiger partial charge in [0.05, 0.1) is 0 Å². The molecule has 1 N–H and O–H groups in total. The summed E-state index contributed by atoms with van der Waals surface area (Å²) in [5.41, 5.74) is 0.855. The number of aldehydes is 1. The molecule has 4 heteroatoms. The minimum absolute atomic E-state index is 0.307. The second-order valence-corrected chi connectivity index (χ2v) is 4.25. The average molecular weight is 232 g/mol. The zero-order valence-corrected chi connectivity index (χ0v) is 9.03. The van der Waals surface area contributed by atoms with Crippen molar-refractivity contribution in [1.82, 2.24) is 0 Å². The Labute approximate surface area is 95.6 Å². The first kappa shape index (κ1) is 10.6. The van der Waals surface area contributed by atoms with E-state index in [0.29, 0.717) is 11.2 Å². The molecular weight excluding hydrogens is 224 g/mol. The zero-order chi connectivity index (χ0) is 11.5. The van der Waals surface area contributed by atoms with Crippen molar-refractivity contribution in [3.8, 4) is 0 Å². The van der Waals surface area contributed by atoms with Crippen molar-refractivity contribution in [2.24, 2.45) is 0 Å². The number of hydrogen-bond acceptors (Lipinski definition) is 3. The normalized spacial score (nSPS) is 11.0. The Morgan fingerprint density at radius 2 is 2.19 bits per heavy atom. The molecule has 1 aromatic heterocycles. The number of thiophene rings is 1. The molecule has 1 heterocycles. The summed E-state index contributed by atoms with van der Waals surface area (Å²) in [4.78, 5) is 21.4. The fourth-order valence-corrected chi connectivity index (χ4v) is 2.41. The molecule has 0 saturated carbocycles. The first-order valence-corrected chi connectivity index (χ1v) is 5.41. The number of hydrogen-bond donors (Lipinski definition) is 1. The first-order chi connectivity index (χ1) is 7.72. The molecule has 0 aliphatic rings. The van der Waals surface area contributed by atoms with Gasteiger partial charge in [0, 0.05) is 10.1 Å². The van der Waals surface area contributed by atoms with Crippen molar-refractivity contribution in [2.75, 3.05) is 0 Å². The molecule has 2 aromatic rings. The number of fused-ring (bicyclic) bond motifs is 1. The van der Waals surface area contributed by atoms with Crippen molar-refractivity contribution >= 4 is 39.8 Å². The van der Waals surface area contributed by atoms with Gasteiger partial charge in [-0.15, -0.1) is 11.3 Å². The van der Waals surface area contributed by atoms with Crippen molar-refractivity contribution in [3.63, 3.8) is 0 Å². The number of aromatic carboxylic acids is 1. The zero-order valence-electron chi connectivity index (χ0n) is 8.21. The number of carboxylic acids is 1. The second kappa shape index (κ2) is 4.28. The molecule has 0 fully saturated rings. The molecule has 0 amide bonds. The van der Waals surface area contributed by atoms with E-state index in [2.05, 4.69) is 0 Å². The Morgan fingerprint density at radius 1 is 1.38 bits per heavy atom. The molecule has 16 heavy (non-hydrogen) atoms. The van der Waals surface area contributed by atoms with E-state index in [1.54, 1.807) is 12.1 Å². The lowest BCUT2D eigenvalue weighted by atomic mass is 10.1. The van der Waals surface area contributed by atoms with E-state index in [9.17, 15) is 9.59 Å². The molecule has 0 bridgehead atoms. The fraction of sp³-hybridized carbons (Fsp3) is 0. The number of carbonyl (C=O) groups is 2. The van der Waals surface area contributed by atoms with E-state index in [0.717, 1.165) is 15.6 Å². The van der Waals surface area contributed by atoms with Gasteiger partial charge in [0.25, 0.3) is 0 Å². The smallest absolute Gasteiger partial charge is 0.345 e. The number of rotatable bonds is 3. The molecule has 2 rings (SSSR count). The predicted molar refractivity (Wildman–Crippen MR) is 63.9 cm³/mol. The van der Waals surface area contributed by atoms with Gasteiger partial charge in [-0.1, -0.05) is 18.2 Å². The number of carboxylic acid groups (broad SMARTS) is 1. The summed E-state index contributed by atoms with van der Waals surface area (Å²) in [7, 11) is 0. The summed E-state index contributed by atoms with van der Waals surface area (Å²) in [6.07, 6.45) is 3.77. The van der Waals surface area contributed by atoms with Gasteiger partial charge < -0.3 is 5.11 Å². The van der Waals surface area contributed by atoms with Crippen LogP contribution in [-0.4, -0.2) is 17.4 Å². The highest BCUT2D eigenvalue weighted by molar-refractivity contribution is 7.20. The molecular formula is C12H8O3S. The van der Waals surface area contributed by atoms with Gasteiger partial charge in [-0.3, -0.25) is 4.79 Å². The second-order valence-electron chi connectivity index (χ2n) is 3.17. The van der Waals surface area contributed by atoms with E-state index >= 15 is 0 Å². The maximum Gasteiger partial charge on any atom is 0.345 e. The molecule has 0 unspecified atom stereocenters. The summed E-state index contributed by atoms with van der Waals surface area (Å²) in [6.45, 7) is 0. The van der Waals surface area contributed by atoms with E-state index in [4.69, 9.17) is 5.11 Å². The molecule has 0 radical (unpaired) electrons. The third kappa shape index (κ3) is 1.87. The highest BCUT2D eigenvalue weighted by Crippen LogP contribution is 2.28. The summed E-state index contributed by atoms with van der Waals surface area (Å²) >= 11 is 1.23. The molecule has 1 aromatic carbocycles. The highest BCUT2D eigenvalue weighted by Gasteiger charge is 2.09. The maximum absolute atomic E-state index is 10.8. The van der Waals surface area contributed by atoms with E-state index in [1.807, 2.05) is 18.2 Å². The minimum Gasteiger partial charge on any atom is -0.477 e. The highest BCUT2D eigenvalue weighted by atomic mass is 32.1. The SMILES string of the molecule is O=CC=Cc1cccc2sc(C(=O)O)cc12. The summed E-state index contributed by atoms with van der Waals surface area (Å²) in [5.74, 6) is -0.925. The molecule has 3 nitrogen and oxygen atoms in total. The van der Waals surface area contributed by atoms with Crippen molar-refractivity contribution in [2.45, 2.75) is 0 Å². The molecule has 0 aliphatic carbocycles. The van der Waals surface area contributed by atoms with E-state index < -0.39 is 5.97 Å².